The van der Waals surface area contributed by atoms with E-state index in [2.05, 4.69) is 0 Å². The van der Waals surface area contributed by atoms with Crippen molar-refractivity contribution in [1.29, 1.82) is 0 Å². The summed E-state index contributed by atoms with van der Waals surface area (Å²) in [5.74, 6) is -0.257. The average Bonchev–Trinajstić information content (AvgIpc) is 2.97. The normalized spacial score (nSPS) is 15.6. The summed E-state index contributed by atoms with van der Waals surface area (Å²) in [7, 11) is 0. The minimum atomic E-state index is -0.312. The summed E-state index contributed by atoms with van der Waals surface area (Å²) >= 11 is 0. The second kappa shape index (κ2) is 6.24. The van der Waals surface area contributed by atoms with Crippen LogP contribution >= 0.6 is 0 Å². The number of nitrogens with zero attached hydrogens (tertiary/aromatic N) is 2. The Labute approximate surface area is 145 Å². The van der Waals surface area contributed by atoms with Crippen molar-refractivity contribution in [3.63, 3.8) is 0 Å². The summed E-state index contributed by atoms with van der Waals surface area (Å²) in [4.78, 5) is 26.7. The van der Waals surface area contributed by atoms with E-state index in [0.717, 1.165) is 23.9 Å². The Morgan fingerprint density at radius 2 is 1.80 bits per heavy atom. The van der Waals surface area contributed by atoms with Crippen molar-refractivity contribution in [2.45, 2.75) is 25.8 Å². The number of aromatic nitrogens is 1. The third-order valence-corrected chi connectivity index (χ3v) is 4.91. The lowest BCUT2D eigenvalue weighted by Crippen LogP contribution is -2.40. The Balaban J connectivity index is 1.55. The summed E-state index contributed by atoms with van der Waals surface area (Å²) in [5, 5.41) is 0. The van der Waals surface area contributed by atoms with Crippen molar-refractivity contribution < 1.29 is 9.21 Å². The lowest BCUT2D eigenvalue weighted by atomic mass is 10.0. The highest BCUT2D eigenvalue weighted by atomic mass is 16.4. The largest absolute Gasteiger partial charge is 0.420 e. The zero-order valence-electron chi connectivity index (χ0n) is 14.1. The molecule has 0 saturated carbocycles. The quantitative estimate of drug-likeness (QED) is 0.721. The Kier molecular flexibility index (Phi) is 3.92. The van der Waals surface area contributed by atoms with E-state index in [1.807, 2.05) is 60.4 Å². The number of carbonyl (C=O) groups is 1. The first-order valence-corrected chi connectivity index (χ1v) is 8.59. The van der Waals surface area contributed by atoms with E-state index in [-0.39, 0.29) is 17.7 Å². The molecule has 2 aromatic carbocycles. The third-order valence-electron chi connectivity index (χ3n) is 4.91. The first-order valence-electron chi connectivity index (χ1n) is 8.59. The zero-order chi connectivity index (χ0) is 17.4. The molecule has 4 rings (SSSR count). The van der Waals surface area contributed by atoms with Gasteiger partial charge in [0.2, 0.25) is 0 Å². The van der Waals surface area contributed by atoms with Crippen LogP contribution in [0.2, 0.25) is 0 Å². The second-order valence-electron chi connectivity index (χ2n) is 6.60. The van der Waals surface area contributed by atoms with E-state index >= 15 is 0 Å². The van der Waals surface area contributed by atoms with Gasteiger partial charge in [-0.05, 0) is 49.6 Å². The van der Waals surface area contributed by atoms with Gasteiger partial charge in [0.25, 0.3) is 5.91 Å². The maximum absolute atomic E-state index is 12.6. The predicted octanol–water partition coefficient (Wildman–Crippen LogP) is 3.38. The van der Waals surface area contributed by atoms with Crippen LogP contribution < -0.4 is 5.76 Å². The lowest BCUT2D eigenvalue weighted by Gasteiger charge is -2.32. The fourth-order valence-electron chi connectivity index (χ4n) is 3.58. The van der Waals surface area contributed by atoms with Crippen molar-refractivity contribution in [1.82, 2.24) is 9.47 Å². The van der Waals surface area contributed by atoms with Gasteiger partial charge in [0.15, 0.2) is 5.58 Å². The van der Waals surface area contributed by atoms with Crippen molar-refractivity contribution in [3.8, 4) is 0 Å². The molecular formula is C20H20N2O3. The number of rotatable bonds is 2. The van der Waals surface area contributed by atoms with Gasteiger partial charge in [0.1, 0.15) is 0 Å². The van der Waals surface area contributed by atoms with Crippen molar-refractivity contribution in [2.75, 3.05) is 13.1 Å². The topological polar surface area (TPSA) is 55.5 Å². The van der Waals surface area contributed by atoms with Crippen LogP contribution in [-0.4, -0.2) is 28.5 Å². The van der Waals surface area contributed by atoms with E-state index in [1.165, 1.54) is 0 Å². The van der Waals surface area contributed by atoms with Gasteiger partial charge in [-0.25, -0.2) is 4.79 Å². The van der Waals surface area contributed by atoms with Gasteiger partial charge < -0.3 is 9.32 Å². The number of aryl methyl sites for hydroxylation is 1. The summed E-state index contributed by atoms with van der Waals surface area (Å²) in [5.41, 5.74) is 3.28. The number of carbonyl (C=O) groups excluding carboxylic acids is 1. The molecule has 1 amide bonds. The molecular weight excluding hydrogens is 316 g/mol. The number of fused-ring (bicyclic) bond motifs is 1. The molecule has 0 aliphatic carbocycles. The Hall–Kier alpha value is -2.82. The molecule has 1 aliphatic heterocycles. The Morgan fingerprint density at radius 3 is 2.52 bits per heavy atom. The average molecular weight is 336 g/mol. The molecule has 0 N–H and O–H groups in total. The smallest absolute Gasteiger partial charge is 0.408 e. The lowest BCUT2D eigenvalue weighted by molar-refractivity contribution is 0.0694. The molecule has 0 bridgehead atoms. The summed E-state index contributed by atoms with van der Waals surface area (Å²) < 4.78 is 7.13. The monoisotopic (exact) mass is 336 g/mol. The first kappa shape index (κ1) is 15.7. The summed E-state index contributed by atoms with van der Waals surface area (Å²) in [6.07, 6.45) is 1.50. The molecule has 0 atom stereocenters. The number of benzene rings is 2. The standard InChI is InChI=1S/C20H20N2O3/c1-14-7-8-18-17(13-14)22(20(24)25-18)16-9-11-21(12-10-16)19(23)15-5-3-2-4-6-15/h2-8,13,16H,9-12H2,1H3. The molecule has 5 heteroatoms. The van der Waals surface area contributed by atoms with Crippen LogP contribution in [0, 0.1) is 6.92 Å². The molecule has 25 heavy (non-hydrogen) atoms. The maximum atomic E-state index is 12.6. The van der Waals surface area contributed by atoms with Gasteiger partial charge in [0.05, 0.1) is 5.52 Å². The highest BCUT2D eigenvalue weighted by Gasteiger charge is 2.27. The number of piperidine rings is 1. The molecule has 0 radical (unpaired) electrons. The van der Waals surface area contributed by atoms with Crippen LogP contribution in [0.5, 0.6) is 0 Å². The molecule has 5 nitrogen and oxygen atoms in total. The van der Waals surface area contributed by atoms with Crippen LogP contribution in [0.3, 0.4) is 0 Å². The molecule has 0 unspecified atom stereocenters. The van der Waals surface area contributed by atoms with Crippen LogP contribution in [0.1, 0.15) is 34.8 Å². The highest BCUT2D eigenvalue weighted by Crippen LogP contribution is 2.27. The van der Waals surface area contributed by atoms with E-state index in [9.17, 15) is 9.59 Å². The fraction of sp³-hybridized carbons (Fsp3) is 0.300. The third kappa shape index (κ3) is 2.86. The van der Waals surface area contributed by atoms with Gasteiger partial charge in [0, 0.05) is 24.7 Å². The van der Waals surface area contributed by atoms with Crippen LogP contribution in [-0.2, 0) is 0 Å². The number of oxazole rings is 1. The van der Waals surface area contributed by atoms with Crippen LogP contribution in [0.4, 0.5) is 0 Å². The Bertz CT molecular complexity index is 964. The zero-order valence-corrected chi connectivity index (χ0v) is 14.1. The van der Waals surface area contributed by atoms with Gasteiger partial charge in [-0.2, -0.15) is 0 Å². The fourth-order valence-corrected chi connectivity index (χ4v) is 3.58. The highest BCUT2D eigenvalue weighted by molar-refractivity contribution is 5.94. The molecule has 0 spiro atoms. The molecule has 1 saturated heterocycles. The van der Waals surface area contributed by atoms with Gasteiger partial charge >= 0.3 is 5.76 Å². The van der Waals surface area contributed by atoms with Crippen molar-refractivity contribution in [2.24, 2.45) is 0 Å². The number of amides is 1. The maximum Gasteiger partial charge on any atom is 0.420 e. The number of hydrogen-bond donors (Lipinski definition) is 0. The van der Waals surface area contributed by atoms with E-state index in [1.54, 1.807) is 4.57 Å². The number of hydrogen-bond acceptors (Lipinski definition) is 3. The van der Waals surface area contributed by atoms with Crippen LogP contribution in [0.25, 0.3) is 11.1 Å². The van der Waals surface area contributed by atoms with Gasteiger partial charge in [-0.15, -0.1) is 0 Å². The van der Waals surface area contributed by atoms with Crippen molar-refractivity contribution in [3.05, 3.63) is 70.2 Å². The minimum absolute atomic E-state index is 0.0549. The molecule has 1 aliphatic rings. The van der Waals surface area contributed by atoms with Crippen LogP contribution in [0.15, 0.2) is 57.7 Å². The van der Waals surface area contributed by atoms with E-state index in [0.29, 0.717) is 24.2 Å². The summed E-state index contributed by atoms with van der Waals surface area (Å²) in [6.45, 7) is 3.29. The second-order valence-corrected chi connectivity index (χ2v) is 6.60. The molecule has 128 valence electrons. The van der Waals surface area contributed by atoms with Crippen molar-refractivity contribution >= 4 is 17.0 Å². The Morgan fingerprint density at radius 1 is 1.08 bits per heavy atom. The SMILES string of the molecule is Cc1ccc2oc(=O)n(C3CCN(C(=O)c4ccccc4)CC3)c2c1. The molecule has 1 fully saturated rings. The van der Waals surface area contributed by atoms with E-state index in [4.69, 9.17) is 4.42 Å². The summed E-state index contributed by atoms with van der Waals surface area (Å²) in [6, 6.07) is 15.2. The van der Waals surface area contributed by atoms with Gasteiger partial charge in [-0.1, -0.05) is 24.3 Å². The number of likely N-dealkylation sites (tertiary alicyclic amines) is 1. The molecule has 3 aromatic rings. The van der Waals surface area contributed by atoms with Gasteiger partial charge in [-0.3, -0.25) is 9.36 Å². The predicted molar refractivity (Wildman–Crippen MR) is 95.8 cm³/mol. The van der Waals surface area contributed by atoms with E-state index < -0.39 is 0 Å². The molecule has 1 aromatic heterocycles. The molecule has 2 heterocycles. The first-order chi connectivity index (χ1) is 12.1. The minimum Gasteiger partial charge on any atom is -0.408 e.